The standard InChI is InChI=1S/C12H10N2O2S/c1-2-16-11(15)10-7-14-9-6-4-3-5-8(9)13-12(14)17-10/h3-7H,2H2,1H3. The summed E-state index contributed by atoms with van der Waals surface area (Å²) in [5.74, 6) is -0.285. The van der Waals surface area contributed by atoms with Gasteiger partial charge in [-0.15, -0.1) is 0 Å². The number of nitrogens with zero attached hydrogens (tertiary/aromatic N) is 2. The molecule has 0 N–H and O–H groups in total. The number of para-hydroxylation sites is 2. The zero-order valence-electron chi connectivity index (χ0n) is 9.21. The fourth-order valence-corrected chi connectivity index (χ4v) is 2.65. The van der Waals surface area contributed by atoms with Crippen LogP contribution in [0.1, 0.15) is 16.6 Å². The minimum atomic E-state index is -0.285. The average Bonchev–Trinajstić information content (AvgIpc) is 2.86. The van der Waals surface area contributed by atoms with Crippen LogP contribution in [0.4, 0.5) is 0 Å². The summed E-state index contributed by atoms with van der Waals surface area (Å²) >= 11 is 1.35. The van der Waals surface area contributed by atoms with E-state index < -0.39 is 0 Å². The molecule has 2 heterocycles. The molecule has 0 unspecified atom stereocenters. The number of carbonyl (C=O) groups excluding carboxylic acids is 1. The lowest BCUT2D eigenvalue weighted by Gasteiger charge is -1.96. The van der Waals surface area contributed by atoms with E-state index in [1.54, 1.807) is 13.1 Å². The third kappa shape index (κ3) is 1.59. The molecule has 0 aliphatic rings. The Morgan fingerprint density at radius 2 is 2.29 bits per heavy atom. The summed E-state index contributed by atoms with van der Waals surface area (Å²) in [5.41, 5.74) is 1.95. The Bertz CT molecular complexity index is 699. The van der Waals surface area contributed by atoms with Gasteiger partial charge in [0.15, 0.2) is 4.96 Å². The third-order valence-corrected chi connectivity index (χ3v) is 3.45. The highest BCUT2D eigenvalue weighted by atomic mass is 32.1. The highest BCUT2D eigenvalue weighted by molar-refractivity contribution is 7.18. The molecule has 0 radical (unpaired) electrons. The van der Waals surface area contributed by atoms with Gasteiger partial charge in [0, 0.05) is 6.20 Å². The van der Waals surface area contributed by atoms with Crippen LogP contribution in [-0.4, -0.2) is 22.0 Å². The van der Waals surface area contributed by atoms with Crippen LogP contribution >= 0.6 is 11.3 Å². The maximum absolute atomic E-state index is 11.6. The van der Waals surface area contributed by atoms with Crippen molar-refractivity contribution in [2.45, 2.75) is 6.92 Å². The lowest BCUT2D eigenvalue weighted by molar-refractivity contribution is 0.0531. The summed E-state index contributed by atoms with van der Waals surface area (Å²) in [6.07, 6.45) is 1.79. The number of rotatable bonds is 2. The van der Waals surface area contributed by atoms with Crippen LogP contribution in [0.5, 0.6) is 0 Å². The first-order chi connectivity index (χ1) is 8.29. The fourth-order valence-electron chi connectivity index (χ4n) is 1.76. The SMILES string of the molecule is CCOC(=O)c1cn2c(nc3ccccc32)s1. The molecule has 5 heteroatoms. The van der Waals surface area contributed by atoms with Crippen LogP contribution in [0.3, 0.4) is 0 Å². The summed E-state index contributed by atoms with van der Waals surface area (Å²) in [4.78, 5) is 17.4. The topological polar surface area (TPSA) is 43.6 Å². The first-order valence-corrected chi connectivity index (χ1v) is 6.15. The fraction of sp³-hybridized carbons (Fsp3) is 0.167. The minimum Gasteiger partial charge on any atom is -0.462 e. The van der Waals surface area contributed by atoms with Crippen molar-refractivity contribution in [1.82, 2.24) is 9.38 Å². The number of fused-ring (bicyclic) bond motifs is 3. The van der Waals surface area contributed by atoms with Crippen LogP contribution in [0.2, 0.25) is 0 Å². The van der Waals surface area contributed by atoms with E-state index >= 15 is 0 Å². The van der Waals surface area contributed by atoms with E-state index in [-0.39, 0.29) is 5.97 Å². The molecule has 0 aliphatic heterocycles. The number of ether oxygens (including phenoxy) is 1. The number of imidazole rings is 1. The number of thiazole rings is 1. The van der Waals surface area contributed by atoms with E-state index in [1.807, 2.05) is 28.7 Å². The summed E-state index contributed by atoms with van der Waals surface area (Å²) in [6, 6.07) is 7.85. The molecule has 3 rings (SSSR count). The first-order valence-electron chi connectivity index (χ1n) is 5.33. The van der Waals surface area contributed by atoms with E-state index in [4.69, 9.17) is 4.74 Å². The quantitative estimate of drug-likeness (QED) is 0.653. The maximum Gasteiger partial charge on any atom is 0.349 e. The zero-order chi connectivity index (χ0) is 11.8. The van der Waals surface area contributed by atoms with Gasteiger partial charge in [0.25, 0.3) is 0 Å². The van der Waals surface area contributed by atoms with Gasteiger partial charge in [-0.05, 0) is 19.1 Å². The van der Waals surface area contributed by atoms with Gasteiger partial charge in [-0.2, -0.15) is 0 Å². The minimum absolute atomic E-state index is 0.285. The molecule has 86 valence electrons. The lowest BCUT2D eigenvalue weighted by atomic mass is 10.3. The molecule has 4 nitrogen and oxygen atoms in total. The van der Waals surface area contributed by atoms with Gasteiger partial charge < -0.3 is 4.74 Å². The van der Waals surface area contributed by atoms with Crippen molar-refractivity contribution < 1.29 is 9.53 Å². The Morgan fingerprint density at radius 3 is 3.12 bits per heavy atom. The number of aromatic nitrogens is 2. The summed E-state index contributed by atoms with van der Waals surface area (Å²) in [7, 11) is 0. The Morgan fingerprint density at radius 1 is 1.47 bits per heavy atom. The summed E-state index contributed by atoms with van der Waals surface area (Å²) in [5, 5.41) is 0. The zero-order valence-corrected chi connectivity index (χ0v) is 10.0. The largest absolute Gasteiger partial charge is 0.462 e. The van der Waals surface area contributed by atoms with Crippen LogP contribution < -0.4 is 0 Å². The number of carbonyl (C=O) groups is 1. The molecule has 1 aromatic carbocycles. The summed E-state index contributed by atoms with van der Waals surface area (Å²) < 4.78 is 6.89. The van der Waals surface area contributed by atoms with Gasteiger partial charge in [-0.25, -0.2) is 9.78 Å². The molecular formula is C12H10N2O2S. The predicted octanol–water partition coefficient (Wildman–Crippen LogP) is 2.73. The lowest BCUT2D eigenvalue weighted by Crippen LogP contribution is -2.01. The second kappa shape index (κ2) is 3.85. The molecule has 3 aromatic rings. The Labute approximate surface area is 101 Å². The highest BCUT2D eigenvalue weighted by Gasteiger charge is 2.14. The Hall–Kier alpha value is -1.88. The summed E-state index contributed by atoms with van der Waals surface area (Å²) in [6.45, 7) is 2.19. The molecule has 0 saturated carbocycles. The molecule has 0 aliphatic carbocycles. The van der Waals surface area contributed by atoms with Gasteiger partial charge in [-0.1, -0.05) is 23.5 Å². The normalized spacial score (nSPS) is 11.1. The maximum atomic E-state index is 11.6. The number of benzene rings is 1. The van der Waals surface area contributed by atoms with Gasteiger partial charge in [0.2, 0.25) is 0 Å². The monoisotopic (exact) mass is 246 g/mol. The molecule has 2 aromatic heterocycles. The van der Waals surface area contributed by atoms with Crippen molar-refractivity contribution >= 4 is 33.3 Å². The van der Waals surface area contributed by atoms with Crippen molar-refractivity contribution in [1.29, 1.82) is 0 Å². The number of hydrogen-bond donors (Lipinski definition) is 0. The Kier molecular flexibility index (Phi) is 2.33. The van der Waals surface area contributed by atoms with Crippen molar-refractivity contribution in [2.75, 3.05) is 6.61 Å². The third-order valence-electron chi connectivity index (χ3n) is 2.49. The molecule has 0 bridgehead atoms. The Balaban J connectivity index is 2.17. The van der Waals surface area contributed by atoms with E-state index in [2.05, 4.69) is 4.98 Å². The molecular weight excluding hydrogens is 236 g/mol. The molecule has 0 amide bonds. The van der Waals surface area contributed by atoms with Crippen molar-refractivity contribution in [3.8, 4) is 0 Å². The second-order valence-electron chi connectivity index (χ2n) is 3.57. The molecule has 0 atom stereocenters. The second-order valence-corrected chi connectivity index (χ2v) is 4.58. The van der Waals surface area contributed by atoms with Crippen LogP contribution in [0.15, 0.2) is 30.5 Å². The molecule has 0 saturated heterocycles. The molecule has 17 heavy (non-hydrogen) atoms. The van der Waals surface area contributed by atoms with Gasteiger partial charge >= 0.3 is 5.97 Å². The number of hydrogen-bond acceptors (Lipinski definition) is 4. The average molecular weight is 246 g/mol. The van der Waals surface area contributed by atoms with E-state index in [0.717, 1.165) is 16.0 Å². The van der Waals surface area contributed by atoms with Crippen molar-refractivity contribution in [3.05, 3.63) is 35.3 Å². The smallest absolute Gasteiger partial charge is 0.349 e. The van der Waals surface area contributed by atoms with Crippen molar-refractivity contribution in [2.24, 2.45) is 0 Å². The molecule has 0 spiro atoms. The highest BCUT2D eigenvalue weighted by Crippen LogP contribution is 2.23. The first kappa shape index (κ1) is 10.3. The van der Waals surface area contributed by atoms with E-state index in [9.17, 15) is 4.79 Å². The van der Waals surface area contributed by atoms with E-state index in [0.29, 0.717) is 11.5 Å². The van der Waals surface area contributed by atoms with Gasteiger partial charge in [0.1, 0.15) is 4.88 Å². The van der Waals surface area contributed by atoms with Gasteiger partial charge in [-0.3, -0.25) is 4.40 Å². The van der Waals surface area contributed by atoms with E-state index in [1.165, 1.54) is 11.3 Å². The van der Waals surface area contributed by atoms with Crippen LogP contribution in [0, 0.1) is 0 Å². The van der Waals surface area contributed by atoms with Gasteiger partial charge in [0.05, 0.1) is 17.6 Å². The molecule has 0 fully saturated rings. The predicted molar refractivity (Wildman–Crippen MR) is 66.5 cm³/mol. The van der Waals surface area contributed by atoms with Crippen molar-refractivity contribution in [3.63, 3.8) is 0 Å². The number of esters is 1. The van der Waals surface area contributed by atoms with Crippen LogP contribution in [-0.2, 0) is 4.74 Å². The van der Waals surface area contributed by atoms with Crippen LogP contribution in [0.25, 0.3) is 16.0 Å².